The molecule has 3 rings (SSSR count). The molecule has 0 atom stereocenters. The Morgan fingerprint density at radius 3 is 2.87 bits per heavy atom. The SMILES string of the molecule is O=C(Nc1ncc(Cc2ccccc2Br)s1)c1ccc[nH]c1=O. The number of carbonyl (C=O) groups excluding carboxylic acids is 1. The van der Waals surface area contributed by atoms with E-state index in [9.17, 15) is 9.59 Å². The average Bonchev–Trinajstić information content (AvgIpc) is 2.97. The second kappa shape index (κ2) is 6.89. The van der Waals surface area contributed by atoms with Crippen molar-refractivity contribution in [1.29, 1.82) is 0 Å². The summed E-state index contributed by atoms with van der Waals surface area (Å²) < 4.78 is 1.04. The van der Waals surface area contributed by atoms with Crippen molar-refractivity contribution in [3.8, 4) is 0 Å². The van der Waals surface area contributed by atoms with Gasteiger partial charge in [0.05, 0.1) is 0 Å². The molecule has 1 aromatic carbocycles. The largest absolute Gasteiger partial charge is 0.328 e. The van der Waals surface area contributed by atoms with Crippen molar-refractivity contribution in [2.24, 2.45) is 0 Å². The fourth-order valence-electron chi connectivity index (χ4n) is 2.04. The van der Waals surface area contributed by atoms with Crippen molar-refractivity contribution >= 4 is 38.3 Å². The molecule has 0 fully saturated rings. The molecule has 1 amide bonds. The second-order valence-electron chi connectivity index (χ2n) is 4.77. The van der Waals surface area contributed by atoms with E-state index >= 15 is 0 Å². The van der Waals surface area contributed by atoms with Gasteiger partial charge in [0, 0.05) is 28.2 Å². The van der Waals surface area contributed by atoms with Crippen LogP contribution in [0.3, 0.4) is 0 Å². The highest BCUT2D eigenvalue weighted by atomic mass is 79.9. The minimum absolute atomic E-state index is 0.0649. The molecule has 5 nitrogen and oxygen atoms in total. The first-order valence-corrected chi connectivity index (χ1v) is 8.41. The molecular weight excluding hydrogens is 378 g/mol. The first-order valence-electron chi connectivity index (χ1n) is 6.80. The topological polar surface area (TPSA) is 74.8 Å². The van der Waals surface area contributed by atoms with Gasteiger partial charge in [0.25, 0.3) is 11.5 Å². The van der Waals surface area contributed by atoms with Gasteiger partial charge in [0.15, 0.2) is 5.13 Å². The number of aromatic amines is 1. The van der Waals surface area contributed by atoms with Gasteiger partial charge < -0.3 is 4.98 Å². The lowest BCUT2D eigenvalue weighted by molar-refractivity contribution is 0.102. The number of amides is 1. The maximum Gasteiger partial charge on any atom is 0.263 e. The molecule has 0 unspecified atom stereocenters. The summed E-state index contributed by atoms with van der Waals surface area (Å²) in [4.78, 5) is 31.4. The number of rotatable bonds is 4. The highest BCUT2D eigenvalue weighted by Crippen LogP contribution is 2.25. The van der Waals surface area contributed by atoms with Crippen LogP contribution in [-0.4, -0.2) is 15.9 Å². The van der Waals surface area contributed by atoms with Gasteiger partial charge >= 0.3 is 0 Å². The smallest absolute Gasteiger partial charge is 0.263 e. The van der Waals surface area contributed by atoms with E-state index in [-0.39, 0.29) is 5.56 Å². The first kappa shape index (κ1) is 15.6. The first-order chi connectivity index (χ1) is 11.1. The Hall–Kier alpha value is -2.25. The fraction of sp³-hybridized carbons (Fsp3) is 0.0625. The number of pyridine rings is 1. The Labute approximate surface area is 144 Å². The highest BCUT2D eigenvalue weighted by molar-refractivity contribution is 9.10. The monoisotopic (exact) mass is 389 g/mol. The lowest BCUT2D eigenvalue weighted by Crippen LogP contribution is -2.22. The van der Waals surface area contributed by atoms with Gasteiger partial charge in [0.2, 0.25) is 0 Å². The van der Waals surface area contributed by atoms with Gasteiger partial charge in [-0.25, -0.2) is 4.98 Å². The molecule has 0 saturated heterocycles. The van der Waals surface area contributed by atoms with Gasteiger partial charge in [0.1, 0.15) is 5.56 Å². The summed E-state index contributed by atoms with van der Waals surface area (Å²) in [6.07, 6.45) is 3.94. The molecule has 23 heavy (non-hydrogen) atoms. The summed E-state index contributed by atoms with van der Waals surface area (Å²) >= 11 is 4.90. The number of thiazole rings is 1. The molecule has 0 aliphatic carbocycles. The van der Waals surface area contributed by atoms with E-state index in [1.54, 1.807) is 12.3 Å². The molecule has 116 valence electrons. The molecule has 3 aromatic rings. The number of nitrogens with zero attached hydrogens (tertiary/aromatic N) is 1. The molecule has 0 radical (unpaired) electrons. The molecule has 2 heterocycles. The number of halogens is 1. The van der Waals surface area contributed by atoms with Crippen LogP contribution in [0.25, 0.3) is 0 Å². The van der Waals surface area contributed by atoms with Crippen LogP contribution in [-0.2, 0) is 6.42 Å². The van der Waals surface area contributed by atoms with E-state index in [2.05, 4.69) is 31.2 Å². The number of H-pyrrole nitrogens is 1. The van der Waals surface area contributed by atoms with E-state index in [1.807, 2.05) is 24.3 Å². The summed E-state index contributed by atoms with van der Waals surface area (Å²) in [7, 11) is 0. The zero-order valence-corrected chi connectivity index (χ0v) is 14.3. The zero-order valence-electron chi connectivity index (χ0n) is 11.9. The minimum Gasteiger partial charge on any atom is -0.328 e. The van der Waals surface area contributed by atoms with Crippen LogP contribution in [0.2, 0.25) is 0 Å². The zero-order chi connectivity index (χ0) is 16.2. The quantitative estimate of drug-likeness (QED) is 0.717. The van der Waals surface area contributed by atoms with Crippen LogP contribution in [0.4, 0.5) is 5.13 Å². The van der Waals surface area contributed by atoms with Crippen LogP contribution < -0.4 is 10.9 Å². The summed E-state index contributed by atoms with van der Waals surface area (Å²) in [6, 6.07) is 11.0. The van der Waals surface area contributed by atoms with Gasteiger partial charge in [-0.1, -0.05) is 34.1 Å². The molecule has 0 spiro atoms. The van der Waals surface area contributed by atoms with Gasteiger partial charge in [-0.3, -0.25) is 14.9 Å². The van der Waals surface area contributed by atoms with E-state index in [4.69, 9.17) is 0 Å². The standard InChI is InChI=1S/C16H12BrN3O2S/c17-13-6-2-1-4-10(13)8-11-9-19-16(23-11)20-15(22)12-5-3-7-18-14(12)21/h1-7,9H,8H2,(H,18,21)(H,19,20,22). The number of carbonyl (C=O) groups is 1. The van der Waals surface area contributed by atoms with E-state index in [1.165, 1.54) is 23.6 Å². The van der Waals surface area contributed by atoms with Crippen LogP contribution in [0.15, 0.2) is 58.1 Å². The van der Waals surface area contributed by atoms with Crippen molar-refractivity contribution < 1.29 is 4.79 Å². The summed E-state index contributed by atoms with van der Waals surface area (Å²) in [5.41, 5.74) is 0.790. The van der Waals surface area contributed by atoms with Crippen LogP contribution in [0.5, 0.6) is 0 Å². The summed E-state index contributed by atoms with van der Waals surface area (Å²) in [5.74, 6) is -0.464. The van der Waals surface area contributed by atoms with Crippen molar-refractivity contribution in [1.82, 2.24) is 9.97 Å². The molecule has 0 bridgehead atoms. The summed E-state index contributed by atoms with van der Waals surface area (Å²) in [6.45, 7) is 0. The number of aromatic nitrogens is 2. The lowest BCUT2D eigenvalue weighted by atomic mass is 10.1. The molecule has 2 aromatic heterocycles. The van der Waals surface area contributed by atoms with Crippen molar-refractivity contribution in [3.63, 3.8) is 0 Å². The number of hydrogen-bond acceptors (Lipinski definition) is 4. The molecular formula is C16H12BrN3O2S. The third kappa shape index (κ3) is 3.75. The fourth-order valence-corrected chi connectivity index (χ4v) is 3.30. The Kier molecular flexibility index (Phi) is 4.68. The number of anilines is 1. The minimum atomic E-state index is -0.464. The second-order valence-corrected chi connectivity index (χ2v) is 6.74. The van der Waals surface area contributed by atoms with Gasteiger partial charge in [-0.2, -0.15) is 0 Å². The highest BCUT2D eigenvalue weighted by Gasteiger charge is 2.12. The van der Waals surface area contributed by atoms with Crippen molar-refractivity contribution in [3.05, 3.63) is 79.6 Å². The Balaban J connectivity index is 1.73. The van der Waals surface area contributed by atoms with Crippen LogP contribution >= 0.6 is 27.3 Å². The molecule has 7 heteroatoms. The summed E-state index contributed by atoms with van der Waals surface area (Å²) in [5, 5.41) is 3.13. The predicted octanol–water partition coefficient (Wildman–Crippen LogP) is 3.44. The average molecular weight is 390 g/mol. The Morgan fingerprint density at radius 2 is 2.09 bits per heavy atom. The number of benzene rings is 1. The van der Waals surface area contributed by atoms with Crippen molar-refractivity contribution in [2.75, 3.05) is 5.32 Å². The third-order valence-electron chi connectivity index (χ3n) is 3.16. The van der Waals surface area contributed by atoms with Gasteiger partial charge in [-0.05, 0) is 23.8 Å². The molecule has 0 saturated carbocycles. The predicted molar refractivity (Wildman–Crippen MR) is 94.1 cm³/mol. The molecule has 0 aliphatic heterocycles. The third-order valence-corrected chi connectivity index (χ3v) is 4.85. The van der Waals surface area contributed by atoms with Gasteiger partial charge in [-0.15, -0.1) is 11.3 Å². The van der Waals surface area contributed by atoms with E-state index in [0.717, 1.165) is 21.3 Å². The van der Waals surface area contributed by atoms with E-state index in [0.29, 0.717) is 5.13 Å². The Morgan fingerprint density at radius 1 is 1.26 bits per heavy atom. The maximum absolute atomic E-state index is 12.1. The van der Waals surface area contributed by atoms with Crippen LogP contribution in [0.1, 0.15) is 20.8 Å². The molecule has 0 aliphatic rings. The Bertz CT molecular complexity index is 904. The molecule has 2 N–H and O–H groups in total. The van der Waals surface area contributed by atoms with Crippen molar-refractivity contribution in [2.45, 2.75) is 6.42 Å². The van der Waals surface area contributed by atoms with E-state index < -0.39 is 11.5 Å². The lowest BCUT2D eigenvalue weighted by Gasteiger charge is -2.01. The normalized spacial score (nSPS) is 10.5. The van der Waals surface area contributed by atoms with Crippen LogP contribution in [0, 0.1) is 0 Å². The number of hydrogen-bond donors (Lipinski definition) is 2. The number of nitrogens with one attached hydrogen (secondary N) is 2. The maximum atomic E-state index is 12.1.